The minimum Gasteiger partial charge on any atom is -0.336 e. The van der Waals surface area contributed by atoms with Gasteiger partial charge in [-0.3, -0.25) is 9.59 Å². The standard InChI is InChI=1S/C20H22N4O2/c1-23-12-10-21-17(23)16-20(9-11-24(16)18(25)13-5-4-6-13)14-7-2-3-8-15(14)22-19(20)26/h2-3,7-8,10,12-13,16H,4-6,9,11H2,1H3,(H,22,26)/t16-,20+/m0/s1. The summed E-state index contributed by atoms with van der Waals surface area (Å²) < 4.78 is 1.94. The van der Waals surface area contributed by atoms with Gasteiger partial charge in [-0.05, 0) is 30.9 Å². The largest absolute Gasteiger partial charge is 0.336 e. The molecule has 1 aromatic carbocycles. The highest BCUT2D eigenvalue weighted by Crippen LogP contribution is 2.54. The molecule has 26 heavy (non-hydrogen) atoms. The van der Waals surface area contributed by atoms with Crippen molar-refractivity contribution >= 4 is 17.5 Å². The normalized spacial score (nSPS) is 27.5. The van der Waals surface area contributed by atoms with Gasteiger partial charge in [-0.2, -0.15) is 0 Å². The summed E-state index contributed by atoms with van der Waals surface area (Å²) in [6.45, 7) is 0.592. The van der Waals surface area contributed by atoms with E-state index in [9.17, 15) is 9.59 Å². The van der Waals surface area contributed by atoms with Crippen molar-refractivity contribution in [3.8, 4) is 0 Å². The summed E-state index contributed by atoms with van der Waals surface area (Å²) in [6.07, 6.45) is 7.28. The maximum absolute atomic E-state index is 13.2. The number of benzene rings is 1. The minimum absolute atomic E-state index is 0.0180. The number of rotatable bonds is 2. The molecule has 3 aliphatic rings. The van der Waals surface area contributed by atoms with Crippen molar-refractivity contribution < 1.29 is 9.59 Å². The highest BCUT2D eigenvalue weighted by molar-refractivity contribution is 6.07. The first-order chi connectivity index (χ1) is 12.6. The van der Waals surface area contributed by atoms with Gasteiger partial charge in [0, 0.05) is 37.6 Å². The van der Waals surface area contributed by atoms with E-state index in [4.69, 9.17) is 0 Å². The summed E-state index contributed by atoms with van der Waals surface area (Å²) in [5, 5.41) is 3.04. The maximum atomic E-state index is 13.2. The molecule has 2 amide bonds. The predicted octanol–water partition coefficient (Wildman–Crippen LogP) is 2.38. The lowest BCUT2D eigenvalue weighted by Crippen LogP contribution is -2.46. The van der Waals surface area contributed by atoms with Crippen LogP contribution < -0.4 is 5.32 Å². The Morgan fingerprint density at radius 1 is 1.31 bits per heavy atom. The zero-order valence-corrected chi connectivity index (χ0v) is 14.8. The molecule has 0 radical (unpaired) electrons. The van der Waals surface area contributed by atoms with Gasteiger partial charge in [0.2, 0.25) is 11.8 Å². The highest BCUT2D eigenvalue weighted by Gasteiger charge is 2.61. The molecule has 134 valence electrons. The Morgan fingerprint density at radius 2 is 2.12 bits per heavy atom. The molecule has 1 saturated heterocycles. The van der Waals surface area contributed by atoms with Crippen LogP contribution in [0.5, 0.6) is 0 Å². The Hall–Kier alpha value is -2.63. The molecular formula is C20H22N4O2. The molecule has 2 aromatic rings. The van der Waals surface area contributed by atoms with Gasteiger partial charge in [-0.1, -0.05) is 24.6 Å². The summed E-state index contributed by atoms with van der Waals surface area (Å²) >= 11 is 0. The molecule has 1 spiro atoms. The number of carbonyl (C=O) groups excluding carboxylic acids is 2. The average Bonchev–Trinajstić information content (AvgIpc) is 3.24. The lowest BCUT2D eigenvalue weighted by Gasteiger charge is -2.36. The Bertz CT molecular complexity index is 901. The Morgan fingerprint density at radius 3 is 2.81 bits per heavy atom. The van der Waals surface area contributed by atoms with Crippen LogP contribution >= 0.6 is 0 Å². The van der Waals surface area contributed by atoms with E-state index in [1.165, 1.54) is 0 Å². The fourth-order valence-electron chi connectivity index (χ4n) is 4.81. The predicted molar refractivity (Wildman–Crippen MR) is 96.4 cm³/mol. The second kappa shape index (κ2) is 5.43. The van der Waals surface area contributed by atoms with E-state index >= 15 is 0 Å². The topological polar surface area (TPSA) is 67.2 Å². The van der Waals surface area contributed by atoms with Crippen LogP contribution in [-0.2, 0) is 22.1 Å². The molecule has 5 rings (SSSR count). The maximum Gasteiger partial charge on any atom is 0.237 e. The number of nitrogens with one attached hydrogen (secondary N) is 1. The second-order valence-electron chi connectivity index (χ2n) is 7.68. The number of carbonyl (C=O) groups is 2. The number of aromatic nitrogens is 2. The fourth-order valence-corrected chi connectivity index (χ4v) is 4.81. The van der Waals surface area contributed by atoms with Gasteiger partial charge in [0.05, 0.1) is 0 Å². The number of aryl methyl sites for hydroxylation is 1. The third-order valence-corrected chi connectivity index (χ3v) is 6.43. The van der Waals surface area contributed by atoms with Crippen LogP contribution in [0.15, 0.2) is 36.7 Å². The number of nitrogens with zero attached hydrogens (tertiary/aromatic N) is 3. The smallest absolute Gasteiger partial charge is 0.237 e. The molecular weight excluding hydrogens is 328 g/mol. The summed E-state index contributed by atoms with van der Waals surface area (Å²) in [7, 11) is 1.93. The van der Waals surface area contributed by atoms with Crippen molar-refractivity contribution in [3.05, 3.63) is 48.0 Å². The van der Waals surface area contributed by atoms with Crippen molar-refractivity contribution in [2.45, 2.75) is 37.1 Å². The fraction of sp³-hybridized carbons (Fsp3) is 0.450. The van der Waals surface area contributed by atoms with Gasteiger partial charge < -0.3 is 14.8 Å². The zero-order chi connectivity index (χ0) is 17.9. The third kappa shape index (κ3) is 1.90. The van der Waals surface area contributed by atoms with Gasteiger partial charge in [-0.15, -0.1) is 0 Å². The SMILES string of the molecule is Cn1ccnc1[C@@H]1N(C(=O)C2CCC2)CC[C@]12C(=O)Nc1ccccc12. The number of para-hydroxylation sites is 1. The Balaban J connectivity index is 1.67. The molecule has 6 heteroatoms. The van der Waals surface area contributed by atoms with E-state index in [0.717, 1.165) is 36.3 Å². The molecule has 1 N–H and O–H groups in total. The molecule has 6 nitrogen and oxygen atoms in total. The van der Waals surface area contributed by atoms with Gasteiger partial charge in [0.1, 0.15) is 17.3 Å². The van der Waals surface area contributed by atoms with Crippen LogP contribution in [0.4, 0.5) is 5.69 Å². The van der Waals surface area contributed by atoms with E-state index in [1.807, 2.05) is 47.0 Å². The van der Waals surface area contributed by atoms with Crippen molar-refractivity contribution in [2.24, 2.45) is 13.0 Å². The van der Waals surface area contributed by atoms with Crippen LogP contribution in [0.1, 0.15) is 43.1 Å². The molecule has 0 bridgehead atoms. The minimum atomic E-state index is -0.755. The molecule has 1 aromatic heterocycles. The van der Waals surface area contributed by atoms with E-state index in [1.54, 1.807) is 6.20 Å². The number of fused-ring (bicyclic) bond motifs is 2. The van der Waals surface area contributed by atoms with Gasteiger partial charge in [0.25, 0.3) is 0 Å². The Labute approximate surface area is 152 Å². The number of anilines is 1. The van der Waals surface area contributed by atoms with Crippen LogP contribution in [0, 0.1) is 5.92 Å². The average molecular weight is 350 g/mol. The van der Waals surface area contributed by atoms with Gasteiger partial charge in [0.15, 0.2) is 0 Å². The number of amides is 2. The molecule has 3 heterocycles. The van der Waals surface area contributed by atoms with E-state index < -0.39 is 5.41 Å². The van der Waals surface area contributed by atoms with Crippen LogP contribution in [0.25, 0.3) is 0 Å². The van der Waals surface area contributed by atoms with E-state index in [2.05, 4.69) is 10.3 Å². The first-order valence-corrected chi connectivity index (χ1v) is 9.31. The molecule has 0 unspecified atom stereocenters. The number of hydrogen-bond acceptors (Lipinski definition) is 3. The van der Waals surface area contributed by atoms with Crippen LogP contribution in [0.2, 0.25) is 0 Å². The second-order valence-corrected chi connectivity index (χ2v) is 7.68. The van der Waals surface area contributed by atoms with Crippen LogP contribution in [-0.4, -0.2) is 32.8 Å². The number of hydrogen-bond donors (Lipinski definition) is 1. The summed E-state index contributed by atoms with van der Waals surface area (Å²) in [4.78, 5) is 32.8. The van der Waals surface area contributed by atoms with Crippen molar-refractivity contribution in [1.82, 2.24) is 14.5 Å². The third-order valence-electron chi connectivity index (χ3n) is 6.43. The molecule has 2 atom stereocenters. The van der Waals surface area contributed by atoms with Gasteiger partial charge in [-0.25, -0.2) is 4.98 Å². The monoisotopic (exact) mass is 350 g/mol. The lowest BCUT2D eigenvalue weighted by molar-refractivity contribution is -0.140. The summed E-state index contributed by atoms with van der Waals surface area (Å²) in [5.41, 5.74) is 1.09. The van der Waals surface area contributed by atoms with Crippen LogP contribution in [0.3, 0.4) is 0 Å². The quantitative estimate of drug-likeness (QED) is 0.904. The lowest BCUT2D eigenvalue weighted by atomic mass is 9.74. The van der Waals surface area contributed by atoms with E-state index in [0.29, 0.717) is 13.0 Å². The van der Waals surface area contributed by atoms with Crippen molar-refractivity contribution in [2.75, 3.05) is 11.9 Å². The van der Waals surface area contributed by atoms with Crippen molar-refractivity contribution in [1.29, 1.82) is 0 Å². The first kappa shape index (κ1) is 15.6. The zero-order valence-electron chi connectivity index (χ0n) is 14.8. The first-order valence-electron chi connectivity index (χ1n) is 9.31. The molecule has 1 saturated carbocycles. The van der Waals surface area contributed by atoms with Crippen molar-refractivity contribution in [3.63, 3.8) is 0 Å². The molecule has 1 aliphatic carbocycles. The van der Waals surface area contributed by atoms with Gasteiger partial charge >= 0.3 is 0 Å². The van der Waals surface area contributed by atoms with E-state index in [-0.39, 0.29) is 23.8 Å². The molecule has 2 fully saturated rings. The summed E-state index contributed by atoms with van der Waals surface area (Å²) in [5.74, 6) is 1.04. The highest BCUT2D eigenvalue weighted by atomic mass is 16.2. The number of likely N-dealkylation sites (tertiary alicyclic amines) is 1. The summed E-state index contributed by atoms with van der Waals surface area (Å²) in [6, 6.07) is 7.49. The molecule has 2 aliphatic heterocycles. The number of imidazole rings is 1. The Kier molecular flexibility index (Phi) is 3.26.